The topological polar surface area (TPSA) is 194 Å². The summed E-state index contributed by atoms with van der Waals surface area (Å²) in [5, 5.41) is 31.6. The molecule has 0 aliphatic heterocycles. The first-order valence-electron chi connectivity index (χ1n) is 26.8. The highest BCUT2D eigenvalue weighted by Crippen LogP contribution is 2.33. The molecule has 6 aromatic heterocycles. The number of carbonyl (C=O) groups is 2. The molecule has 0 atom stereocenters. The Morgan fingerprint density at radius 1 is 0.585 bits per heavy atom. The van der Waals surface area contributed by atoms with Crippen molar-refractivity contribution in [3.63, 3.8) is 0 Å². The molecule has 0 bridgehead atoms. The molecule has 10 rings (SSSR count). The van der Waals surface area contributed by atoms with Crippen molar-refractivity contribution in [2.24, 2.45) is 11.8 Å². The van der Waals surface area contributed by atoms with Gasteiger partial charge in [0.05, 0.1) is 52.8 Å². The number of carboxylic acid groups (broad SMARTS) is 1. The molecule has 0 aliphatic carbocycles. The third-order valence-corrected chi connectivity index (χ3v) is 12.8. The van der Waals surface area contributed by atoms with E-state index in [0.29, 0.717) is 75.4 Å². The Bertz CT molecular complexity index is 3810. The fraction of sp³-hybridized carbons (Fsp3) is 0.290. The molecule has 426 valence electrons. The van der Waals surface area contributed by atoms with Crippen LogP contribution in [0.3, 0.4) is 0 Å². The predicted molar refractivity (Wildman–Crippen MR) is 313 cm³/mol. The Hall–Kier alpha value is -8.81. The zero-order valence-corrected chi connectivity index (χ0v) is 48.3. The number of benzene rings is 4. The van der Waals surface area contributed by atoms with Crippen LogP contribution in [0.4, 0.5) is 8.78 Å². The summed E-state index contributed by atoms with van der Waals surface area (Å²) in [4.78, 5) is 35.7. The third kappa shape index (κ3) is 14.6. The highest BCUT2D eigenvalue weighted by Gasteiger charge is 2.30. The SMILES string of the molecule is CC(C)(C)c1c(C(=O)O)cnn1-c1ccccn1.CC(C)Cn1ncc2cc(Oc3ccc(F)cc3CNC(=O)c3cnn(-c4ccccn4)c3C(C)(C)C)ccc21.CC(C)Cn1ncc2cc(Oc3ccc(F)cc3CNCl)ccc21. The number of hydrogen-bond acceptors (Lipinski definition) is 11. The summed E-state index contributed by atoms with van der Waals surface area (Å²) in [7, 11) is 0. The molecule has 82 heavy (non-hydrogen) atoms. The minimum absolute atomic E-state index is 0.0683. The van der Waals surface area contributed by atoms with Gasteiger partial charge in [-0.25, -0.2) is 37.7 Å². The van der Waals surface area contributed by atoms with Gasteiger partial charge in [0.1, 0.15) is 40.2 Å². The number of amides is 1. The number of nitrogens with one attached hydrogen (secondary N) is 2. The van der Waals surface area contributed by atoms with Gasteiger partial charge in [0.15, 0.2) is 11.6 Å². The van der Waals surface area contributed by atoms with Gasteiger partial charge in [-0.05, 0) is 121 Å². The van der Waals surface area contributed by atoms with Crippen molar-refractivity contribution < 1.29 is 33.0 Å². The van der Waals surface area contributed by atoms with E-state index in [2.05, 4.69) is 68.2 Å². The number of halogens is 3. The lowest BCUT2D eigenvalue weighted by Gasteiger charge is -2.22. The Morgan fingerprint density at radius 2 is 1.04 bits per heavy atom. The van der Waals surface area contributed by atoms with Crippen molar-refractivity contribution in [3.05, 3.63) is 192 Å². The number of hydrogen-bond donors (Lipinski definition) is 3. The van der Waals surface area contributed by atoms with Crippen molar-refractivity contribution in [2.75, 3.05) is 0 Å². The third-order valence-electron chi connectivity index (χ3n) is 12.7. The zero-order valence-electron chi connectivity index (χ0n) is 47.5. The van der Waals surface area contributed by atoms with E-state index in [-0.39, 0.29) is 29.2 Å². The largest absolute Gasteiger partial charge is 0.478 e. The molecular formula is C62H67ClF2N12O5. The molecule has 1 amide bonds. The highest BCUT2D eigenvalue weighted by atomic mass is 35.5. The summed E-state index contributed by atoms with van der Waals surface area (Å²) in [5.74, 6) is 2.51. The van der Waals surface area contributed by atoms with Crippen LogP contribution in [0.1, 0.15) is 112 Å². The van der Waals surface area contributed by atoms with E-state index in [1.165, 1.54) is 30.5 Å². The lowest BCUT2D eigenvalue weighted by molar-refractivity contribution is 0.0693. The van der Waals surface area contributed by atoms with Gasteiger partial charge in [0.25, 0.3) is 5.91 Å². The van der Waals surface area contributed by atoms with Crippen LogP contribution >= 0.6 is 11.8 Å². The van der Waals surface area contributed by atoms with E-state index in [9.17, 15) is 23.5 Å². The van der Waals surface area contributed by atoms with Gasteiger partial charge >= 0.3 is 5.97 Å². The van der Waals surface area contributed by atoms with Crippen molar-refractivity contribution in [2.45, 2.75) is 106 Å². The highest BCUT2D eigenvalue weighted by molar-refractivity contribution is 6.13. The average Bonchev–Trinajstić information content (AvgIpc) is 4.43. The van der Waals surface area contributed by atoms with Gasteiger partial charge in [0.2, 0.25) is 0 Å². The smallest absolute Gasteiger partial charge is 0.339 e. The van der Waals surface area contributed by atoms with Crippen LogP contribution in [-0.2, 0) is 37.0 Å². The van der Waals surface area contributed by atoms with E-state index in [1.807, 2.05) is 130 Å². The van der Waals surface area contributed by atoms with Crippen molar-refractivity contribution >= 4 is 45.5 Å². The molecule has 10 aromatic rings. The lowest BCUT2D eigenvalue weighted by atomic mass is 9.89. The molecule has 0 radical (unpaired) electrons. The van der Waals surface area contributed by atoms with Gasteiger partial charge in [-0.2, -0.15) is 20.4 Å². The molecule has 6 heterocycles. The number of carbonyl (C=O) groups excluding carboxylic acids is 1. The Labute approximate surface area is 480 Å². The van der Waals surface area contributed by atoms with Gasteiger partial charge in [0, 0.05) is 71.3 Å². The van der Waals surface area contributed by atoms with Crippen LogP contribution in [0.2, 0.25) is 0 Å². The Balaban J connectivity index is 0.000000177. The predicted octanol–water partition coefficient (Wildman–Crippen LogP) is 13.6. The average molecular weight is 1130 g/mol. The number of carboxylic acids is 1. The molecule has 3 N–H and O–H groups in total. The van der Waals surface area contributed by atoms with E-state index < -0.39 is 17.2 Å². The summed E-state index contributed by atoms with van der Waals surface area (Å²) in [6.45, 7) is 22.6. The zero-order chi connectivity index (χ0) is 58.9. The van der Waals surface area contributed by atoms with Crippen LogP contribution < -0.4 is 19.6 Å². The van der Waals surface area contributed by atoms with Crippen molar-refractivity contribution in [3.8, 4) is 34.6 Å². The first-order chi connectivity index (χ1) is 39.1. The maximum atomic E-state index is 14.3. The first kappa shape index (κ1) is 59.3. The molecule has 0 aliphatic rings. The number of ether oxygens (including phenoxy) is 2. The molecule has 0 saturated carbocycles. The molecule has 0 saturated heterocycles. The molecular weight excluding hydrogens is 1070 g/mol. The second kappa shape index (κ2) is 25.8. The van der Waals surface area contributed by atoms with E-state index in [0.717, 1.165) is 40.6 Å². The fourth-order valence-electron chi connectivity index (χ4n) is 9.18. The number of pyridine rings is 2. The molecule has 4 aromatic carbocycles. The normalized spacial score (nSPS) is 11.6. The molecule has 0 fully saturated rings. The maximum Gasteiger partial charge on any atom is 0.339 e. The summed E-state index contributed by atoms with van der Waals surface area (Å²) >= 11 is 5.55. The fourth-order valence-corrected chi connectivity index (χ4v) is 9.32. The van der Waals surface area contributed by atoms with E-state index >= 15 is 0 Å². The minimum atomic E-state index is -0.970. The standard InChI is InChI=1S/C31H33FN6O2.C18H19ClFN3O.C13H15N3O2/c1-20(2)19-37-26-11-10-24(15-21(26)17-35-37)40-27-12-9-23(32)14-22(27)16-34-30(39)25-18-36-38(29(25)31(3,4)5)28-8-6-7-13-33-28;1-12(2)11-23-17-5-4-16(8-13(17)10-22-23)24-18-6-3-15(20)7-14(18)9-21-19;1-13(2,3)11-9(12(17)18)8-15-16(11)10-6-4-5-7-14-10/h6-15,17-18,20H,16,19H2,1-5H3,(H,34,39);3-8,10,12,21H,9,11H2,1-2H3;4-8H,1-3H3,(H,17,18). The second-order valence-corrected chi connectivity index (χ2v) is 22.7. The van der Waals surface area contributed by atoms with E-state index in [1.54, 1.807) is 46.2 Å². The Kier molecular flexibility index (Phi) is 18.6. The first-order valence-corrected chi connectivity index (χ1v) is 27.1. The van der Waals surface area contributed by atoms with E-state index in [4.69, 9.17) is 21.3 Å². The molecule has 17 nitrogen and oxygen atoms in total. The molecule has 20 heteroatoms. The number of aromatic nitrogens is 10. The lowest BCUT2D eigenvalue weighted by Crippen LogP contribution is -2.28. The number of aromatic carboxylic acids is 1. The Morgan fingerprint density at radius 3 is 1.45 bits per heavy atom. The van der Waals surface area contributed by atoms with Crippen molar-refractivity contribution in [1.82, 2.24) is 59.2 Å². The van der Waals surface area contributed by atoms with Crippen LogP contribution in [0.25, 0.3) is 33.4 Å². The monoisotopic (exact) mass is 1130 g/mol. The van der Waals surface area contributed by atoms with Gasteiger partial charge in [-0.1, -0.05) is 81.4 Å². The second-order valence-electron chi connectivity index (χ2n) is 22.4. The molecule has 0 unspecified atom stereocenters. The van der Waals surface area contributed by atoms with Gasteiger partial charge < -0.3 is 19.9 Å². The van der Waals surface area contributed by atoms with Crippen molar-refractivity contribution in [1.29, 1.82) is 0 Å². The summed E-state index contributed by atoms with van der Waals surface area (Å²) in [6, 6.07) is 31.2. The van der Waals surface area contributed by atoms with Gasteiger partial charge in [-0.3, -0.25) is 14.2 Å². The minimum Gasteiger partial charge on any atom is -0.478 e. The quantitative estimate of drug-likeness (QED) is 0.0776. The van der Waals surface area contributed by atoms with Crippen LogP contribution in [0.15, 0.2) is 146 Å². The number of nitrogens with zero attached hydrogens (tertiary/aromatic N) is 10. The number of fused-ring (bicyclic) bond motifs is 2. The summed E-state index contributed by atoms with van der Waals surface area (Å²) in [5.41, 5.74) is 4.55. The molecule has 0 spiro atoms. The van der Waals surface area contributed by atoms with Gasteiger partial charge in [-0.15, -0.1) is 0 Å². The summed E-state index contributed by atoms with van der Waals surface area (Å²) in [6.07, 6.45) is 9.90. The summed E-state index contributed by atoms with van der Waals surface area (Å²) < 4.78 is 47.0. The number of rotatable bonds is 16. The van der Waals surface area contributed by atoms with Crippen LogP contribution in [0.5, 0.6) is 23.0 Å². The van der Waals surface area contributed by atoms with Crippen LogP contribution in [-0.4, -0.2) is 66.1 Å². The van der Waals surface area contributed by atoms with Crippen LogP contribution in [0, 0.1) is 23.5 Å². The maximum absolute atomic E-state index is 14.3.